The number of rotatable bonds is 5. The molecule has 1 heterocycles. The maximum atomic E-state index is 2.46. The molecular formula is C45H34N2. The molecule has 7 aromatic carbocycles. The molecule has 1 aliphatic rings. The summed E-state index contributed by atoms with van der Waals surface area (Å²) in [7, 11) is 0. The molecule has 1 aliphatic carbocycles. The van der Waals surface area contributed by atoms with Crippen molar-refractivity contribution in [2.45, 2.75) is 19.3 Å². The molecule has 1 aromatic heterocycles. The van der Waals surface area contributed by atoms with Gasteiger partial charge in [0.05, 0.1) is 22.4 Å². The van der Waals surface area contributed by atoms with Gasteiger partial charge < -0.3 is 9.47 Å². The molecule has 0 amide bonds. The second kappa shape index (κ2) is 10.6. The van der Waals surface area contributed by atoms with E-state index in [2.05, 4.69) is 193 Å². The smallest absolute Gasteiger partial charge is 0.0562 e. The standard InChI is InChI=1S/C45H34N2/c1-45(2)37-25-12-9-22-35(37)43-34(24-15-26-38(43)45)33-21-10-13-27-39(33)46(31-17-5-3-6-18-31)41-29-16-30-42-44(41)36-23-11-14-28-40(36)47(42)32-19-7-4-8-20-32/h3-30H,1-2H3. The van der Waals surface area contributed by atoms with Crippen LogP contribution in [0, 0.1) is 0 Å². The number of benzene rings is 7. The van der Waals surface area contributed by atoms with E-state index in [0.717, 1.165) is 22.7 Å². The molecule has 0 saturated heterocycles. The fraction of sp³-hybridized carbons (Fsp3) is 0.0667. The van der Waals surface area contributed by atoms with Gasteiger partial charge in [-0.1, -0.05) is 135 Å². The highest BCUT2D eigenvalue weighted by Gasteiger charge is 2.37. The van der Waals surface area contributed by atoms with Crippen molar-refractivity contribution >= 4 is 38.9 Å². The SMILES string of the molecule is CC1(C)c2ccccc2-c2c(-c3ccccc3N(c3ccccc3)c3cccc4c3c3ccccc3n4-c3ccccc3)cccc21. The molecule has 224 valence electrons. The number of hydrogen-bond donors (Lipinski definition) is 0. The third kappa shape index (κ3) is 4.11. The van der Waals surface area contributed by atoms with Crippen molar-refractivity contribution in [2.24, 2.45) is 0 Å². The largest absolute Gasteiger partial charge is 0.309 e. The first-order valence-corrected chi connectivity index (χ1v) is 16.4. The molecule has 9 rings (SSSR count). The summed E-state index contributed by atoms with van der Waals surface area (Å²) in [6.45, 7) is 4.71. The number of anilines is 3. The molecule has 0 fully saturated rings. The van der Waals surface area contributed by atoms with E-state index in [1.54, 1.807) is 0 Å². The first-order chi connectivity index (χ1) is 23.1. The van der Waals surface area contributed by atoms with E-state index in [-0.39, 0.29) is 5.41 Å². The second-order valence-electron chi connectivity index (χ2n) is 12.9. The van der Waals surface area contributed by atoms with Crippen molar-refractivity contribution in [1.82, 2.24) is 4.57 Å². The van der Waals surface area contributed by atoms with Crippen molar-refractivity contribution in [3.8, 4) is 27.9 Å². The van der Waals surface area contributed by atoms with Gasteiger partial charge >= 0.3 is 0 Å². The van der Waals surface area contributed by atoms with E-state index in [1.807, 2.05) is 0 Å². The Morgan fingerprint density at radius 2 is 1.02 bits per heavy atom. The van der Waals surface area contributed by atoms with E-state index in [1.165, 1.54) is 55.2 Å². The number of aromatic nitrogens is 1. The van der Waals surface area contributed by atoms with Crippen molar-refractivity contribution in [2.75, 3.05) is 4.90 Å². The fourth-order valence-corrected chi connectivity index (χ4v) is 7.90. The molecule has 2 nitrogen and oxygen atoms in total. The molecule has 0 bridgehead atoms. The fourth-order valence-electron chi connectivity index (χ4n) is 7.90. The van der Waals surface area contributed by atoms with Gasteiger partial charge in [0.15, 0.2) is 0 Å². The molecule has 2 heteroatoms. The van der Waals surface area contributed by atoms with Gasteiger partial charge in [0.1, 0.15) is 0 Å². The summed E-state index contributed by atoms with van der Waals surface area (Å²) in [5.74, 6) is 0. The van der Waals surface area contributed by atoms with Gasteiger partial charge in [-0.3, -0.25) is 0 Å². The van der Waals surface area contributed by atoms with Crippen LogP contribution < -0.4 is 4.90 Å². The predicted octanol–water partition coefficient (Wildman–Crippen LogP) is 12.2. The van der Waals surface area contributed by atoms with Gasteiger partial charge in [0, 0.05) is 33.1 Å². The summed E-state index contributed by atoms with van der Waals surface area (Å²) in [6.07, 6.45) is 0. The monoisotopic (exact) mass is 602 g/mol. The second-order valence-corrected chi connectivity index (χ2v) is 12.9. The molecule has 0 aliphatic heterocycles. The lowest BCUT2D eigenvalue weighted by atomic mass is 9.82. The van der Waals surface area contributed by atoms with E-state index >= 15 is 0 Å². The summed E-state index contributed by atoms with van der Waals surface area (Å²) in [5.41, 5.74) is 14.8. The minimum Gasteiger partial charge on any atom is -0.309 e. The highest BCUT2D eigenvalue weighted by atomic mass is 15.1. The van der Waals surface area contributed by atoms with E-state index in [9.17, 15) is 0 Å². The van der Waals surface area contributed by atoms with Crippen LogP contribution in [0.4, 0.5) is 17.1 Å². The average molecular weight is 603 g/mol. The van der Waals surface area contributed by atoms with Crippen molar-refractivity contribution in [3.63, 3.8) is 0 Å². The van der Waals surface area contributed by atoms with Crippen LogP contribution >= 0.6 is 0 Å². The van der Waals surface area contributed by atoms with Gasteiger partial charge in [0.25, 0.3) is 0 Å². The molecular weight excluding hydrogens is 569 g/mol. The van der Waals surface area contributed by atoms with Crippen LogP contribution in [0.5, 0.6) is 0 Å². The Bertz CT molecular complexity index is 2430. The first kappa shape index (κ1) is 27.5. The molecule has 47 heavy (non-hydrogen) atoms. The number of fused-ring (bicyclic) bond motifs is 6. The van der Waals surface area contributed by atoms with Crippen LogP contribution in [0.15, 0.2) is 170 Å². The quantitative estimate of drug-likeness (QED) is 0.190. The van der Waals surface area contributed by atoms with Gasteiger partial charge in [-0.2, -0.15) is 0 Å². The zero-order valence-electron chi connectivity index (χ0n) is 26.6. The first-order valence-electron chi connectivity index (χ1n) is 16.4. The highest BCUT2D eigenvalue weighted by Crippen LogP contribution is 2.54. The van der Waals surface area contributed by atoms with Gasteiger partial charge in [-0.15, -0.1) is 0 Å². The summed E-state index contributed by atoms with van der Waals surface area (Å²) in [4.78, 5) is 2.46. The summed E-state index contributed by atoms with van der Waals surface area (Å²) in [5, 5.41) is 2.46. The van der Waals surface area contributed by atoms with Crippen LogP contribution in [0.1, 0.15) is 25.0 Å². The zero-order valence-corrected chi connectivity index (χ0v) is 26.6. The molecule has 0 saturated carbocycles. The Morgan fingerprint density at radius 3 is 1.85 bits per heavy atom. The summed E-state index contributed by atoms with van der Waals surface area (Å²) >= 11 is 0. The van der Waals surface area contributed by atoms with Crippen LogP contribution in [-0.2, 0) is 5.41 Å². The van der Waals surface area contributed by atoms with Crippen molar-refractivity contribution in [1.29, 1.82) is 0 Å². The predicted molar refractivity (Wildman–Crippen MR) is 198 cm³/mol. The number of hydrogen-bond acceptors (Lipinski definition) is 1. The maximum absolute atomic E-state index is 2.46. The van der Waals surface area contributed by atoms with Crippen LogP contribution in [-0.4, -0.2) is 4.57 Å². The lowest BCUT2D eigenvalue weighted by Gasteiger charge is -2.29. The molecule has 0 atom stereocenters. The Labute approximate surface area is 275 Å². The molecule has 0 N–H and O–H groups in total. The van der Waals surface area contributed by atoms with E-state index in [4.69, 9.17) is 0 Å². The topological polar surface area (TPSA) is 8.17 Å². The van der Waals surface area contributed by atoms with Crippen LogP contribution in [0.25, 0.3) is 49.7 Å². The average Bonchev–Trinajstić information content (AvgIpc) is 3.59. The summed E-state index contributed by atoms with van der Waals surface area (Å²) in [6, 6.07) is 61.7. The van der Waals surface area contributed by atoms with E-state index in [0.29, 0.717) is 0 Å². The minimum atomic E-state index is -0.0686. The third-order valence-corrected chi connectivity index (χ3v) is 9.99. The molecule has 0 unspecified atom stereocenters. The number of para-hydroxylation sites is 4. The lowest BCUT2D eigenvalue weighted by molar-refractivity contribution is 0.660. The Balaban J connectivity index is 1.35. The Hall–Kier alpha value is -5.86. The lowest BCUT2D eigenvalue weighted by Crippen LogP contribution is -2.15. The van der Waals surface area contributed by atoms with Crippen LogP contribution in [0.2, 0.25) is 0 Å². The normalized spacial score (nSPS) is 13.1. The molecule has 0 spiro atoms. The number of nitrogens with zero attached hydrogens (tertiary/aromatic N) is 2. The third-order valence-electron chi connectivity index (χ3n) is 9.99. The zero-order chi connectivity index (χ0) is 31.5. The van der Waals surface area contributed by atoms with Gasteiger partial charge in [-0.05, 0) is 76.3 Å². The summed E-state index contributed by atoms with van der Waals surface area (Å²) < 4.78 is 2.40. The van der Waals surface area contributed by atoms with E-state index < -0.39 is 0 Å². The minimum absolute atomic E-state index is 0.0686. The molecule has 8 aromatic rings. The Kier molecular flexibility index (Phi) is 6.20. The molecule has 0 radical (unpaired) electrons. The van der Waals surface area contributed by atoms with Gasteiger partial charge in [-0.25, -0.2) is 0 Å². The van der Waals surface area contributed by atoms with Crippen molar-refractivity contribution in [3.05, 3.63) is 181 Å². The maximum Gasteiger partial charge on any atom is 0.0562 e. The Morgan fingerprint density at radius 1 is 0.447 bits per heavy atom. The van der Waals surface area contributed by atoms with Crippen molar-refractivity contribution < 1.29 is 0 Å². The van der Waals surface area contributed by atoms with Crippen LogP contribution in [0.3, 0.4) is 0 Å². The van der Waals surface area contributed by atoms with Gasteiger partial charge in [0.2, 0.25) is 0 Å². The highest BCUT2D eigenvalue weighted by molar-refractivity contribution is 6.17.